The van der Waals surface area contributed by atoms with E-state index >= 15 is 0 Å². The molecule has 0 amide bonds. The van der Waals surface area contributed by atoms with Crippen molar-refractivity contribution in [1.82, 2.24) is 5.32 Å². The van der Waals surface area contributed by atoms with Crippen LogP contribution in [0, 0.1) is 29.4 Å². The summed E-state index contributed by atoms with van der Waals surface area (Å²) in [5.74, 6) is 1.16. The van der Waals surface area contributed by atoms with Crippen LogP contribution in [0.15, 0.2) is 18.2 Å². The fourth-order valence-electron chi connectivity index (χ4n) is 3.56. The first-order valence-electron chi connectivity index (χ1n) is 7.72. The Bertz CT molecular complexity index is 433. The molecule has 0 spiro atoms. The van der Waals surface area contributed by atoms with E-state index in [1.54, 1.807) is 0 Å². The molecule has 1 aromatic carbocycles. The third-order valence-corrected chi connectivity index (χ3v) is 4.78. The SMILES string of the molecule is CCC1CCC(CNC)C(Cc2cc(F)ccc2F)C1. The lowest BCUT2D eigenvalue weighted by atomic mass is 9.71. The molecule has 1 N–H and O–H groups in total. The summed E-state index contributed by atoms with van der Waals surface area (Å²) in [7, 11) is 1.96. The van der Waals surface area contributed by atoms with Gasteiger partial charge in [0.25, 0.3) is 0 Å². The monoisotopic (exact) mass is 281 g/mol. The first-order valence-corrected chi connectivity index (χ1v) is 7.72. The lowest BCUT2D eigenvalue weighted by molar-refractivity contribution is 0.172. The van der Waals surface area contributed by atoms with Gasteiger partial charge in [-0.1, -0.05) is 19.8 Å². The van der Waals surface area contributed by atoms with Crippen molar-refractivity contribution in [3.8, 4) is 0 Å². The highest BCUT2D eigenvalue weighted by Gasteiger charge is 2.30. The van der Waals surface area contributed by atoms with Crippen molar-refractivity contribution in [2.75, 3.05) is 13.6 Å². The van der Waals surface area contributed by atoms with Gasteiger partial charge in [0.1, 0.15) is 11.6 Å². The zero-order chi connectivity index (χ0) is 14.5. The highest BCUT2D eigenvalue weighted by atomic mass is 19.1. The van der Waals surface area contributed by atoms with Crippen molar-refractivity contribution in [3.05, 3.63) is 35.4 Å². The lowest BCUT2D eigenvalue weighted by Crippen LogP contribution is -2.33. The molecule has 3 unspecified atom stereocenters. The van der Waals surface area contributed by atoms with Crippen LogP contribution in [0.2, 0.25) is 0 Å². The molecule has 1 saturated carbocycles. The van der Waals surface area contributed by atoms with Crippen LogP contribution < -0.4 is 5.32 Å². The number of nitrogens with one attached hydrogen (secondary N) is 1. The summed E-state index contributed by atoms with van der Waals surface area (Å²) < 4.78 is 27.1. The summed E-state index contributed by atoms with van der Waals surface area (Å²) in [5, 5.41) is 3.24. The van der Waals surface area contributed by atoms with Crippen LogP contribution in [0.3, 0.4) is 0 Å². The van der Waals surface area contributed by atoms with Gasteiger partial charge >= 0.3 is 0 Å². The number of benzene rings is 1. The van der Waals surface area contributed by atoms with E-state index < -0.39 is 0 Å². The minimum atomic E-state index is -0.339. The smallest absolute Gasteiger partial charge is 0.126 e. The molecule has 0 bridgehead atoms. The van der Waals surface area contributed by atoms with E-state index in [4.69, 9.17) is 0 Å². The number of rotatable bonds is 5. The Morgan fingerprint density at radius 2 is 2.00 bits per heavy atom. The molecule has 1 fully saturated rings. The molecule has 2 rings (SSSR count). The molecule has 0 saturated heterocycles. The van der Waals surface area contributed by atoms with Gasteiger partial charge in [0.2, 0.25) is 0 Å². The Balaban J connectivity index is 2.11. The van der Waals surface area contributed by atoms with Crippen molar-refractivity contribution in [2.24, 2.45) is 17.8 Å². The van der Waals surface area contributed by atoms with Crippen molar-refractivity contribution < 1.29 is 8.78 Å². The molecule has 0 aliphatic heterocycles. The molecular weight excluding hydrogens is 256 g/mol. The molecule has 0 radical (unpaired) electrons. The van der Waals surface area contributed by atoms with E-state index in [2.05, 4.69) is 12.2 Å². The highest BCUT2D eigenvalue weighted by molar-refractivity contribution is 5.19. The predicted molar refractivity (Wildman–Crippen MR) is 78.6 cm³/mol. The largest absolute Gasteiger partial charge is 0.319 e. The van der Waals surface area contributed by atoms with Gasteiger partial charge in [0.05, 0.1) is 0 Å². The first kappa shape index (κ1) is 15.4. The summed E-state index contributed by atoms with van der Waals surface area (Å²) in [6.07, 6.45) is 5.45. The van der Waals surface area contributed by atoms with Gasteiger partial charge in [-0.15, -0.1) is 0 Å². The van der Waals surface area contributed by atoms with Crippen LogP contribution in [-0.4, -0.2) is 13.6 Å². The van der Waals surface area contributed by atoms with Crippen LogP contribution in [0.25, 0.3) is 0 Å². The fourth-order valence-corrected chi connectivity index (χ4v) is 3.56. The second-order valence-electron chi connectivity index (χ2n) is 6.11. The van der Waals surface area contributed by atoms with Gasteiger partial charge in [-0.3, -0.25) is 0 Å². The average molecular weight is 281 g/mol. The maximum atomic E-state index is 13.8. The highest BCUT2D eigenvalue weighted by Crippen LogP contribution is 2.37. The second kappa shape index (κ2) is 7.16. The lowest BCUT2D eigenvalue weighted by Gasteiger charge is -2.36. The molecule has 1 aliphatic carbocycles. The van der Waals surface area contributed by atoms with Crippen molar-refractivity contribution in [3.63, 3.8) is 0 Å². The van der Waals surface area contributed by atoms with Crippen molar-refractivity contribution >= 4 is 0 Å². The summed E-state index contributed by atoms with van der Waals surface area (Å²) in [6, 6.07) is 3.80. The molecule has 20 heavy (non-hydrogen) atoms. The normalized spacial score (nSPS) is 26.7. The third kappa shape index (κ3) is 3.78. The minimum absolute atomic E-state index is 0.270. The molecule has 1 nitrogen and oxygen atoms in total. The van der Waals surface area contributed by atoms with Gasteiger partial charge in [-0.2, -0.15) is 0 Å². The Kier molecular flexibility index (Phi) is 5.53. The Labute approximate surface area is 120 Å². The zero-order valence-electron chi connectivity index (χ0n) is 12.5. The van der Waals surface area contributed by atoms with Crippen LogP contribution in [0.1, 0.15) is 38.2 Å². The van der Waals surface area contributed by atoms with Gasteiger partial charge in [-0.25, -0.2) is 8.78 Å². The van der Waals surface area contributed by atoms with Gasteiger partial charge in [0.15, 0.2) is 0 Å². The van der Waals surface area contributed by atoms with E-state index in [0.717, 1.165) is 18.9 Å². The Morgan fingerprint density at radius 3 is 2.70 bits per heavy atom. The summed E-state index contributed by atoms with van der Waals surface area (Å²) in [5.41, 5.74) is 0.535. The van der Waals surface area contributed by atoms with Crippen LogP contribution >= 0.6 is 0 Å². The van der Waals surface area contributed by atoms with Gasteiger partial charge < -0.3 is 5.32 Å². The van der Waals surface area contributed by atoms with E-state index in [1.165, 1.54) is 37.5 Å². The van der Waals surface area contributed by atoms with Crippen LogP contribution in [-0.2, 0) is 6.42 Å². The molecule has 3 atom stereocenters. The standard InChI is InChI=1S/C17H25F2N/c1-3-12-4-5-13(11-20-2)14(8-12)9-15-10-16(18)6-7-17(15)19/h6-7,10,12-14,20H,3-5,8-9,11H2,1-2H3. The quantitative estimate of drug-likeness (QED) is 0.854. The molecule has 3 heteroatoms. The number of hydrogen-bond donors (Lipinski definition) is 1. The van der Waals surface area contributed by atoms with E-state index in [-0.39, 0.29) is 11.6 Å². The Morgan fingerprint density at radius 1 is 1.20 bits per heavy atom. The second-order valence-corrected chi connectivity index (χ2v) is 6.11. The maximum absolute atomic E-state index is 13.8. The molecule has 1 aromatic rings. The van der Waals surface area contributed by atoms with Gasteiger partial charge in [0, 0.05) is 0 Å². The average Bonchev–Trinajstić information content (AvgIpc) is 2.45. The maximum Gasteiger partial charge on any atom is 0.126 e. The number of halogens is 2. The fraction of sp³-hybridized carbons (Fsp3) is 0.647. The van der Waals surface area contributed by atoms with Crippen LogP contribution in [0.4, 0.5) is 8.78 Å². The Hall–Kier alpha value is -0.960. The molecular formula is C17H25F2N. The molecule has 0 heterocycles. The van der Waals surface area contributed by atoms with Crippen molar-refractivity contribution in [2.45, 2.75) is 39.0 Å². The molecule has 112 valence electrons. The molecule has 0 aromatic heterocycles. The topological polar surface area (TPSA) is 12.0 Å². The predicted octanol–water partition coefficient (Wildman–Crippen LogP) is 4.17. The molecule has 1 aliphatic rings. The summed E-state index contributed by atoms with van der Waals surface area (Å²) in [4.78, 5) is 0. The van der Waals surface area contributed by atoms with Gasteiger partial charge in [-0.05, 0) is 74.4 Å². The van der Waals surface area contributed by atoms with E-state index in [0.29, 0.717) is 23.8 Å². The minimum Gasteiger partial charge on any atom is -0.319 e. The van der Waals surface area contributed by atoms with E-state index in [1.807, 2.05) is 7.05 Å². The van der Waals surface area contributed by atoms with Crippen LogP contribution in [0.5, 0.6) is 0 Å². The third-order valence-electron chi connectivity index (χ3n) is 4.78. The summed E-state index contributed by atoms with van der Waals surface area (Å²) in [6.45, 7) is 3.20. The summed E-state index contributed by atoms with van der Waals surface area (Å²) >= 11 is 0. The number of hydrogen-bond acceptors (Lipinski definition) is 1. The zero-order valence-corrected chi connectivity index (χ0v) is 12.5. The first-order chi connectivity index (χ1) is 9.63. The van der Waals surface area contributed by atoms with E-state index in [9.17, 15) is 8.78 Å². The van der Waals surface area contributed by atoms with Crippen molar-refractivity contribution in [1.29, 1.82) is 0 Å².